The number of hydrogen-bond donors (Lipinski definition) is 1. The van der Waals surface area contributed by atoms with Crippen molar-refractivity contribution in [3.63, 3.8) is 0 Å². The number of rotatable bonds is 2. The van der Waals surface area contributed by atoms with E-state index in [1.165, 1.54) is 12.3 Å². The molecule has 19 heavy (non-hydrogen) atoms. The number of amides is 1. The van der Waals surface area contributed by atoms with Gasteiger partial charge in [-0.15, -0.1) is 0 Å². The Morgan fingerprint density at radius 2 is 2.16 bits per heavy atom. The van der Waals surface area contributed by atoms with Crippen LogP contribution >= 0.6 is 27.5 Å². The minimum atomic E-state index is -0.306. The maximum absolute atomic E-state index is 12.0. The standard InChI is InChI=1S/C13H7BrClN3O/c14-10-3-9(6-17-7-10)13(19)18-11-1-2-12(15)8(4-11)5-16/h1-4,6-7H,(H,18,19). The smallest absolute Gasteiger partial charge is 0.257 e. The molecule has 2 rings (SSSR count). The van der Waals surface area contributed by atoms with Gasteiger partial charge in [0.05, 0.1) is 16.1 Å². The van der Waals surface area contributed by atoms with Gasteiger partial charge >= 0.3 is 0 Å². The number of aromatic nitrogens is 1. The van der Waals surface area contributed by atoms with Crippen LogP contribution in [0.2, 0.25) is 5.02 Å². The van der Waals surface area contributed by atoms with Crippen LogP contribution in [0.15, 0.2) is 41.1 Å². The second-order valence-corrected chi connectivity index (χ2v) is 4.98. The van der Waals surface area contributed by atoms with Gasteiger partial charge in [-0.25, -0.2) is 0 Å². The molecule has 0 aliphatic carbocycles. The van der Waals surface area contributed by atoms with Crippen LogP contribution in [-0.4, -0.2) is 10.9 Å². The van der Waals surface area contributed by atoms with E-state index in [-0.39, 0.29) is 5.91 Å². The first kappa shape index (κ1) is 13.5. The van der Waals surface area contributed by atoms with Crippen molar-refractivity contribution in [3.05, 3.63) is 57.3 Å². The van der Waals surface area contributed by atoms with Crippen molar-refractivity contribution < 1.29 is 4.79 Å². The second-order valence-electron chi connectivity index (χ2n) is 3.65. The summed E-state index contributed by atoms with van der Waals surface area (Å²) in [5.74, 6) is -0.306. The number of nitrogens with one attached hydrogen (secondary N) is 1. The maximum Gasteiger partial charge on any atom is 0.257 e. The number of carbonyl (C=O) groups excluding carboxylic acids is 1. The third kappa shape index (κ3) is 3.31. The minimum absolute atomic E-state index is 0.306. The lowest BCUT2D eigenvalue weighted by atomic mass is 10.2. The Labute approximate surface area is 123 Å². The number of carbonyl (C=O) groups is 1. The highest BCUT2D eigenvalue weighted by Gasteiger charge is 2.08. The van der Waals surface area contributed by atoms with E-state index < -0.39 is 0 Å². The molecule has 94 valence electrons. The topological polar surface area (TPSA) is 65.8 Å². The fraction of sp³-hybridized carbons (Fsp3) is 0. The lowest BCUT2D eigenvalue weighted by molar-refractivity contribution is 0.102. The summed E-state index contributed by atoms with van der Waals surface area (Å²) in [6.45, 7) is 0. The summed E-state index contributed by atoms with van der Waals surface area (Å²) in [5.41, 5.74) is 1.24. The molecule has 4 nitrogen and oxygen atoms in total. The number of hydrogen-bond acceptors (Lipinski definition) is 3. The molecule has 0 radical (unpaired) electrons. The van der Waals surface area contributed by atoms with Crippen molar-refractivity contribution in [1.29, 1.82) is 5.26 Å². The summed E-state index contributed by atoms with van der Waals surface area (Å²) in [5, 5.41) is 11.9. The van der Waals surface area contributed by atoms with E-state index >= 15 is 0 Å². The number of benzene rings is 1. The van der Waals surface area contributed by atoms with Gasteiger partial charge in [-0.2, -0.15) is 5.26 Å². The van der Waals surface area contributed by atoms with Gasteiger partial charge in [0.15, 0.2) is 0 Å². The molecule has 1 aromatic heterocycles. The zero-order valence-electron chi connectivity index (χ0n) is 9.52. The monoisotopic (exact) mass is 335 g/mol. The summed E-state index contributed by atoms with van der Waals surface area (Å²) in [6, 6.07) is 8.33. The molecule has 0 bridgehead atoms. The van der Waals surface area contributed by atoms with Crippen LogP contribution in [0.25, 0.3) is 0 Å². The van der Waals surface area contributed by atoms with Gasteiger partial charge in [-0.05, 0) is 40.2 Å². The van der Waals surface area contributed by atoms with Crippen molar-refractivity contribution in [1.82, 2.24) is 4.98 Å². The summed E-state index contributed by atoms with van der Waals surface area (Å²) < 4.78 is 0.717. The van der Waals surface area contributed by atoms with E-state index in [1.807, 2.05) is 6.07 Å². The summed E-state index contributed by atoms with van der Waals surface area (Å²) in [4.78, 5) is 15.9. The van der Waals surface area contributed by atoms with E-state index in [4.69, 9.17) is 16.9 Å². The molecule has 0 unspecified atom stereocenters. The summed E-state index contributed by atoms with van der Waals surface area (Å²) in [6.07, 6.45) is 3.05. The molecule has 1 heterocycles. The van der Waals surface area contributed by atoms with Gasteiger partial charge in [-0.3, -0.25) is 9.78 Å². The van der Waals surface area contributed by atoms with Crippen molar-refractivity contribution in [3.8, 4) is 6.07 Å². The fourth-order valence-electron chi connectivity index (χ4n) is 1.43. The molecule has 1 amide bonds. The van der Waals surface area contributed by atoms with Gasteiger partial charge in [0, 0.05) is 22.6 Å². The highest BCUT2D eigenvalue weighted by molar-refractivity contribution is 9.10. The minimum Gasteiger partial charge on any atom is -0.322 e. The van der Waals surface area contributed by atoms with Crippen molar-refractivity contribution in [2.45, 2.75) is 0 Å². The fourth-order valence-corrected chi connectivity index (χ4v) is 1.95. The lowest BCUT2D eigenvalue weighted by Gasteiger charge is -2.06. The third-order valence-electron chi connectivity index (χ3n) is 2.31. The molecule has 0 fully saturated rings. The highest BCUT2D eigenvalue weighted by atomic mass is 79.9. The Hall–Kier alpha value is -1.90. The Morgan fingerprint density at radius 3 is 2.84 bits per heavy atom. The molecular formula is C13H7BrClN3O. The number of anilines is 1. The average molecular weight is 337 g/mol. The van der Waals surface area contributed by atoms with Crippen LogP contribution in [0, 0.1) is 11.3 Å². The highest BCUT2D eigenvalue weighted by Crippen LogP contribution is 2.20. The van der Waals surface area contributed by atoms with Crippen LogP contribution in [0.3, 0.4) is 0 Å². The van der Waals surface area contributed by atoms with Crippen LogP contribution in [0.1, 0.15) is 15.9 Å². The lowest BCUT2D eigenvalue weighted by Crippen LogP contribution is -2.12. The number of pyridine rings is 1. The predicted octanol–water partition coefficient (Wildman–Crippen LogP) is 3.62. The molecule has 2 aromatic rings. The van der Waals surface area contributed by atoms with Gasteiger partial charge in [0.1, 0.15) is 6.07 Å². The number of nitrogens with zero attached hydrogens (tertiary/aromatic N) is 2. The van der Waals surface area contributed by atoms with E-state index in [1.54, 1.807) is 24.4 Å². The quantitative estimate of drug-likeness (QED) is 0.911. The van der Waals surface area contributed by atoms with Crippen LogP contribution in [0.5, 0.6) is 0 Å². The molecule has 0 aliphatic heterocycles. The van der Waals surface area contributed by atoms with E-state index in [2.05, 4.69) is 26.2 Å². The van der Waals surface area contributed by atoms with Crippen LogP contribution in [0.4, 0.5) is 5.69 Å². The Morgan fingerprint density at radius 1 is 1.37 bits per heavy atom. The van der Waals surface area contributed by atoms with Gasteiger partial charge in [-0.1, -0.05) is 11.6 Å². The van der Waals surface area contributed by atoms with Crippen LogP contribution < -0.4 is 5.32 Å². The van der Waals surface area contributed by atoms with E-state index in [9.17, 15) is 4.79 Å². The number of nitriles is 1. The summed E-state index contributed by atoms with van der Waals surface area (Å²) in [7, 11) is 0. The second kappa shape index (κ2) is 5.83. The average Bonchev–Trinajstić information content (AvgIpc) is 2.41. The largest absolute Gasteiger partial charge is 0.322 e. The zero-order chi connectivity index (χ0) is 13.8. The molecule has 0 aliphatic rings. The molecule has 0 saturated heterocycles. The molecule has 1 N–H and O–H groups in total. The van der Waals surface area contributed by atoms with Gasteiger partial charge in [0.2, 0.25) is 0 Å². The molecule has 6 heteroatoms. The normalized spacial score (nSPS) is 9.74. The maximum atomic E-state index is 12.0. The van der Waals surface area contributed by atoms with Crippen molar-refractivity contribution in [2.75, 3.05) is 5.32 Å². The van der Waals surface area contributed by atoms with Gasteiger partial charge in [0.25, 0.3) is 5.91 Å². The van der Waals surface area contributed by atoms with Crippen LogP contribution in [-0.2, 0) is 0 Å². The van der Waals surface area contributed by atoms with Crippen molar-refractivity contribution in [2.24, 2.45) is 0 Å². The third-order valence-corrected chi connectivity index (χ3v) is 3.08. The first-order chi connectivity index (χ1) is 9.10. The van der Waals surface area contributed by atoms with E-state index in [0.29, 0.717) is 26.3 Å². The SMILES string of the molecule is N#Cc1cc(NC(=O)c2cncc(Br)c2)ccc1Cl. The van der Waals surface area contributed by atoms with Gasteiger partial charge < -0.3 is 5.32 Å². The number of halogens is 2. The molecule has 0 spiro atoms. The van der Waals surface area contributed by atoms with E-state index in [0.717, 1.165) is 0 Å². The molecule has 0 saturated carbocycles. The first-order valence-corrected chi connectivity index (χ1v) is 6.39. The molecular weight excluding hydrogens is 330 g/mol. The first-order valence-electron chi connectivity index (χ1n) is 5.21. The Bertz CT molecular complexity index is 682. The zero-order valence-corrected chi connectivity index (χ0v) is 11.9. The summed E-state index contributed by atoms with van der Waals surface area (Å²) >= 11 is 9.06. The molecule has 1 aromatic carbocycles. The van der Waals surface area contributed by atoms with Crippen molar-refractivity contribution >= 4 is 39.1 Å². The Kier molecular flexibility index (Phi) is 4.15. The Balaban J connectivity index is 2.22. The predicted molar refractivity (Wildman–Crippen MR) is 76.1 cm³/mol. The molecule has 0 atom stereocenters.